The zero-order valence-corrected chi connectivity index (χ0v) is 18.3. The number of hydrogen-bond donors (Lipinski definition) is 2. The monoisotopic (exact) mass is 457 g/mol. The molecule has 10 heteroatoms. The summed E-state index contributed by atoms with van der Waals surface area (Å²) in [7, 11) is 0. The zero-order chi connectivity index (χ0) is 23.1. The molecule has 32 heavy (non-hydrogen) atoms. The summed E-state index contributed by atoms with van der Waals surface area (Å²) >= 11 is 1.38. The van der Waals surface area contributed by atoms with Gasteiger partial charge in [0.1, 0.15) is 5.00 Å². The molecule has 0 aliphatic heterocycles. The number of rotatable bonds is 8. The third-order valence-electron chi connectivity index (χ3n) is 4.86. The number of nitrogens with zero attached hydrogens (tertiary/aromatic N) is 1. The molecule has 0 unspecified atom stereocenters. The van der Waals surface area contributed by atoms with Crippen molar-refractivity contribution in [3.8, 4) is 0 Å². The smallest absolute Gasteiger partial charge is 0.341 e. The van der Waals surface area contributed by atoms with Crippen LogP contribution < -0.4 is 10.6 Å². The largest absolute Gasteiger partial charge is 0.462 e. The van der Waals surface area contributed by atoms with Crippen LogP contribution >= 0.6 is 11.3 Å². The summed E-state index contributed by atoms with van der Waals surface area (Å²) in [6.45, 7) is 1.71. The first-order chi connectivity index (χ1) is 15.4. The molecular formula is C22H23N3O6S. The fourth-order valence-electron chi connectivity index (χ4n) is 3.35. The Morgan fingerprint density at radius 2 is 1.91 bits per heavy atom. The van der Waals surface area contributed by atoms with E-state index < -0.39 is 22.7 Å². The predicted octanol–water partition coefficient (Wildman–Crippen LogP) is 3.48. The average Bonchev–Trinajstić information content (AvgIpc) is 3.14. The molecule has 1 aliphatic carbocycles. The van der Waals surface area contributed by atoms with E-state index >= 15 is 0 Å². The molecule has 0 fully saturated rings. The summed E-state index contributed by atoms with van der Waals surface area (Å²) in [5, 5.41) is 16.3. The number of carbonyl (C=O) groups is 3. The molecule has 1 aromatic carbocycles. The van der Waals surface area contributed by atoms with Gasteiger partial charge in [0.25, 0.3) is 5.69 Å². The third kappa shape index (κ3) is 5.79. The normalized spacial score (nSPS) is 12.8. The molecule has 2 aromatic rings. The first-order valence-electron chi connectivity index (χ1n) is 10.2. The molecule has 1 aliphatic rings. The zero-order valence-electron chi connectivity index (χ0n) is 17.5. The molecule has 9 nitrogen and oxygen atoms in total. The van der Waals surface area contributed by atoms with Gasteiger partial charge in [-0.2, -0.15) is 0 Å². The van der Waals surface area contributed by atoms with Gasteiger partial charge in [0.15, 0.2) is 0 Å². The number of nitrogens with one attached hydrogen (secondary N) is 2. The standard InChI is InChI=1S/C22H23N3O6S/c1-2-31-22(28)20-16-5-3-4-6-17(16)32-21(20)24-19(27)13-23-18(26)12-9-14-7-10-15(11-8-14)25(29)30/h7-12H,2-6,13H2,1H3,(H,23,26)(H,24,27). The number of aryl methyl sites for hydroxylation is 1. The Hall–Kier alpha value is -3.53. The molecule has 0 atom stereocenters. The molecule has 0 spiro atoms. The summed E-state index contributed by atoms with van der Waals surface area (Å²) in [4.78, 5) is 48.1. The minimum Gasteiger partial charge on any atom is -0.462 e. The van der Waals surface area contributed by atoms with Gasteiger partial charge >= 0.3 is 5.97 Å². The topological polar surface area (TPSA) is 128 Å². The van der Waals surface area contributed by atoms with Gasteiger partial charge in [0.2, 0.25) is 11.8 Å². The van der Waals surface area contributed by atoms with E-state index in [1.165, 1.54) is 47.8 Å². The Bertz CT molecular complexity index is 1060. The highest BCUT2D eigenvalue weighted by Crippen LogP contribution is 2.38. The summed E-state index contributed by atoms with van der Waals surface area (Å²) in [6.07, 6.45) is 6.40. The van der Waals surface area contributed by atoms with Crippen LogP contribution in [-0.4, -0.2) is 35.9 Å². The van der Waals surface area contributed by atoms with Crippen LogP contribution in [0, 0.1) is 10.1 Å². The number of thiophene rings is 1. The van der Waals surface area contributed by atoms with Crippen molar-refractivity contribution in [3.05, 3.63) is 62.0 Å². The third-order valence-corrected chi connectivity index (χ3v) is 6.07. The van der Waals surface area contributed by atoms with Crippen LogP contribution in [0.4, 0.5) is 10.7 Å². The summed E-state index contributed by atoms with van der Waals surface area (Å²) < 4.78 is 5.17. The Balaban J connectivity index is 1.58. The van der Waals surface area contributed by atoms with E-state index in [0.29, 0.717) is 16.1 Å². The predicted molar refractivity (Wildman–Crippen MR) is 121 cm³/mol. The second kappa shape index (κ2) is 10.7. The highest BCUT2D eigenvalue weighted by Gasteiger charge is 2.27. The lowest BCUT2D eigenvalue weighted by Crippen LogP contribution is -2.31. The maximum Gasteiger partial charge on any atom is 0.341 e. The van der Waals surface area contributed by atoms with Crippen molar-refractivity contribution < 1.29 is 24.0 Å². The molecule has 0 saturated heterocycles. The van der Waals surface area contributed by atoms with Gasteiger partial charge in [-0.15, -0.1) is 11.3 Å². The van der Waals surface area contributed by atoms with E-state index in [4.69, 9.17) is 4.74 Å². The van der Waals surface area contributed by atoms with Crippen molar-refractivity contribution in [1.29, 1.82) is 0 Å². The number of amides is 2. The Morgan fingerprint density at radius 3 is 2.59 bits per heavy atom. The van der Waals surface area contributed by atoms with Crippen LogP contribution in [0.5, 0.6) is 0 Å². The van der Waals surface area contributed by atoms with Gasteiger partial charge < -0.3 is 15.4 Å². The molecule has 1 aromatic heterocycles. The first kappa shape index (κ1) is 23.1. The van der Waals surface area contributed by atoms with Gasteiger partial charge in [-0.25, -0.2) is 4.79 Å². The lowest BCUT2D eigenvalue weighted by molar-refractivity contribution is -0.384. The summed E-state index contributed by atoms with van der Waals surface area (Å²) in [5.74, 6) is -1.39. The molecule has 2 N–H and O–H groups in total. The van der Waals surface area contributed by atoms with E-state index in [1.54, 1.807) is 6.92 Å². The SMILES string of the molecule is CCOC(=O)c1c(NC(=O)CNC(=O)C=Cc2ccc([N+](=O)[O-])cc2)sc2c1CCCC2. The highest BCUT2D eigenvalue weighted by molar-refractivity contribution is 7.17. The van der Waals surface area contributed by atoms with Crippen LogP contribution in [0.2, 0.25) is 0 Å². The van der Waals surface area contributed by atoms with Crippen LogP contribution in [0.15, 0.2) is 30.3 Å². The molecule has 2 amide bonds. The number of nitro groups is 1. The van der Waals surface area contributed by atoms with Crippen LogP contribution in [0.1, 0.15) is 46.1 Å². The molecule has 0 bridgehead atoms. The van der Waals surface area contributed by atoms with E-state index in [1.807, 2.05) is 0 Å². The maximum atomic E-state index is 12.4. The van der Waals surface area contributed by atoms with Gasteiger partial charge in [0, 0.05) is 23.1 Å². The van der Waals surface area contributed by atoms with E-state index in [0.717, 1.165) is 36.1 Å². The van der Waals surface area contributed by atoms with Crippen LogP contribution in [-0.2, 0) is 27.2 Å². The van der Waals surface area contributed by atoms with Crippen LogP contribution in [0.3, 0.4) is 0 Å². The number of non-ortho nitro benzene ring substituents is 1. The van der Waals surface area contributed by atoms with Crippen molar-refractivity contribution >= 4 is 45.9 Å². The Kier molecular flexibility index (Phi) is 7.72. The number of ether oxygens (including phenoxy) is 1. The second-order valence-electron chi connectivity index (χ2n) is 7.08. The minimum absolute atomic E-state index is 0.0410. The Labute approximate surface area is 188 Å². The van der Waals surface area contributed by atoms with E-state index in [9.17, 15) is 24.5 Å². The second-order valence-corrected chi connectivity index (χ2v) is 8.19. The van der Waals surface area contributed by atoms with Crippen molar-refractivity contribution in [3.63, 3.8) is 0 Å². The number of esters is 1. The number of carbonyl (C=O) groups excluding carboxylic acids is 3. The lowest BCUT2D eigenvalue weighted by Gasteiger charge is -2.12. The number of fused-ring (bicyclic) bond motifs is 1. The highest BCUT2D eigenvalue weighted by atomic mass is 32.1. The van der Waals surface area contributed by atoms with Crippen molar-refractivity contribution in [1.82, 2.24) is 5.32 Å². The molecule has 0 saturated carbocycles. The first-order valence-corrected chi connectivity index (χ1v) is 11.0. The number of hydrogen-bond acceptors (Lipinski definition) is 7. The van der Waals surface area contributed by atoms with Gasteiger partial charge in [-0.1, -0.05) is 0 Å². The minimum atomic E-state index is -0.504. The number of anilines is 1. The quantitative estimate of drug-likeness (QED) is 0.270. The molecule has 1 heterocycles. The van der Waals surface area contributed by atoms with Crippen molar-refractivity contribution in [2.75, 3.05) is 18.5 Å². The van der Waals surface area contributed by atoms with Crippen molar-refractivity contribution in [2.24, 2.45) is 0 Å². The fourth-order valence-corrected chi connectivity index (χ4v) is 4.64. The molecule has 0 radical (unpaired) electrons. The van der Waals surface area contributed by atoms with E-state index in [2.05, 4.69) is 10.6 Å². The number of nitro benzene ring substituents is 1. The van der Waals surface area contributed by atoms with Gasteiger partial charge in [-0.05, 0) is 61.9 Å². The molecule has 3 rings (SSSR count). The molecule has 168 valence electrons. The lowest BCUT2D eigenvalue weighted by atomic mass is 9.95. The van der Waals surface area contributed by atoms with Gasteiger partial charge in [0.05, 0.1) is 23.6 Å². The molecular weight excluding hydrogens is 434 g/mol. The van der Waals surface area contributed by atoms with Crippen molar-refractivity contribution in [2.45, 2.75) is 32.6 Å². The fraction of sp³-hybridized carbons (Fsp3) is 0.318. The summed E-state index contributed by atoms with van der Waals surface area (Å²) in [6, 6.07) is 5.72. The van der Waals surface area contributed by atoms with E-state index in [-0.39, 0.29) is 18.8 Å². The average molecular weight is 458 g/mol. The summed E-state index contributed by atoms with van der Waals surface area (Å²) in [5.41, 5.74) is 1.94. The van der Waals surface area contributed by atoms with Gasteiger partial charge in [-0.3, -0.25) is 19.7 Å². The Morgan fingerprint density at radius 1 is 1.19 bits per heavy atom. The van der Waals surface area contributed by atoms with Crippen LogP contribution in [0.25, 0.3) is 6.08 Å². The number of benzene rings is 1. The maximum absolute atomic E-state index is 12.4.